The number of rotatable bonds is 1. The van der Waals surface area contributed by atoms with E-state index in [1.165, 1.54) is 19.3 Å². The van der Waals surface area contributed by atoms with E-state index in [1.807, 2.05) is 33.3 Å². The van der Waals surface area contributed by atoms with Gasteiger partial charge in [0.1, 0.15) is 5.82 Å². The number of imidazole rings is 1. The number of H-pyrrole nitrogens is 1. The second-order valence-electron chi connectivity index (χ2n) is 4.54. The van der Waals surface area contributed by atoms with Gasteiger partial charge in [-0.05, 0) is 60.1 Å². The largest absolute Gasteiger partial charge is 0.329 e. The highest BCUT2D eigenvalue weighted by Crippen LogP contribution is 2.22. The van der Waals surface area contributed by atoms with Gasteiger partial charge in [0.05, 0.1) is 14.6 Å². The molecule has 3 rings (SSSR count). The van der Waals surface area contributed by atoms with Crippen LogP contribution in [0.25, 0.3) is 11.0 Å². The van der Waals surface area contributed by atoms with Gasteiger partial charge in [0.25, 0.3) is 0 Å². The second kappa shape index (κ2) is 4.80. The molecule has 1 saturated heterocycles. The van der Waals surface area contributed by atoms with Gasteiger partial charge in [-0.1, -0.05) is 0 Å². The summed E-state index contributed by atoms with van der Waals surface area (Å²) in [4.78, 5) is 3.16. The van der Waals surface area contributed by atoms with Crippen LogP contribution in [0.1, 0.15) is 19.3 Å². The van der Waals surface area contributed by atoms with Crippen LogP contribution in [0.2, 0.25) is 0 Å². The highest BCUT2D eigenvalue weighted by molar-refractivity contribution is 14.1. The molecule has 0 amide bonds. The Kier molecular flexibility index (Phi) is 3.31. The van der Waals surface area contributed by atoms with Crippen LogP contribution in [0.5, 0.6) is 0 Å². The molecule has 1 aliphatic rings. The molecule has 6 heteroatoms. The third-order valence-electron chi connectivity index (χ3n) is 3.32. The van der Waals surface area contributed by atoms with E-state index < -0.39 is 0 Å². The van der Waals surface area contributed by atoms with Crippen molar-refractivity contribution in [2.24, 2.45) is 0 Å². The summed E-state index contributed by atoms with van der Waals surface area (Å²) in [5.74, 6) is -0.192. The van der Waals surface area contributed by atoms with Crippen molar-refractivity contribution in [2.75, 3.05) is 18.1 Å². The van der Waals surface area contributed by atoms with Crippen LogP contribution in [0.3, 0.4) is 0 Å². The summed E-state index contributed by atoms with van der Waals surface area (Å²) in [6.07, 6.45) is 3.60. The van der Waals surface area contributed by atoms with E-state index in [1.54, 1.807) is 6.07 Å². The van der Waals surface area contributed by atoms with Crippen molar-refractivity contribution in [1.82, 2.24) is 9.66 Å². The fourth-order valence-corrected chi connectivity index (χ4v) is 3.24. The molecule has 0 aliphatic carbocycles. The summed E-state index contributed by atoms with van der Waals surface area (Å²) in [7, 11) is 0. The number of fused-ring (bicyclic) bond motifs is 1. The summed E-state index contributed by atoms with van der Waals surface area (Å²) in [6, 6.07) is 3.37. The first-order valence-electron chi connectivity index (χ1n) is 6.02. The Morgan fingerprint density at radius 3 is 2.67 bits per heavy atom. The van der Waals surface area contributed by atoms with Gasteiger partial charge in [-0.3, -0.25) is 0 Å². The number of nitrogens with one attached hydrogen (secondary N) is 1. The zero-order valence-corrected chi connectivity index (χ0v) is 12.7. The number of aromatic nitrogens is 2. The Labute approximate surface area is 123 Å². The average molecular weight is 377 g/mol. The molecule has 1 N–H and O–H groups in total. The van der Waals surface area contributed by atoms with Crippen molar-refractivity contribution in [3.8, 4) is 0 Å². The fourth-order valence-electron chi connectivity index (χ4n) is 2.45. The number of benzene rings is 1. The topological polar surface area (TPSA) is 24.0 Å². The molecular formula is C12H13FIN3S. The standard InChI is InChI=1S/C12H13FIN3S/c13-8-6-11-10(7-9(8)14)15-12(18)17(11)16-4-2-1-3-5-16/h6-7H,1-5H2,(H,15,18). The van der Waals surface area contributed by atoms with Crippen molar-refractivity contribution in [3.05, 3.63) is 26.3 Å². The normalized spacial score (nSPS) is 16.4. The molecule has 0 unspecified atom stereocenters. The number of hydrogen-bond donors (Lipinski definition) is 1. The molecule has 1 aliphatic heterocycles. The van der Waals surface area contributed by atoms with Gasteiger partial charge in [0, 0.05) is 19.2 Å². The maximum Gasteiger partial charge on any atom is 0.197 e. The van der Waals surface area contributed by atoms with Crippen LogP contribution in [0, 0.1) is 14.2 Å². The molecule has 3 nitrogen and oxygen atoms in total. The molecule has 2 heterocycles. The molecule has 0 spiro atoms. The predicted octanol–water partition coefficient (Wildman–Crippen LogP) is 3.56. The Bertz CT molecular complexity index is 643. The van der Waals surface area contributed by atoms with E-state index in [0.717, 1.165) is 24.1 Å². The van der Waals surface area contributed by atoms with Gasteiger partial charge in [-0.25, -0.2) is 9.07 Å². The van der Waals surface area contributed by atoms with Gasteiger partial charge in [0.15, 0.2) is 4.77 Å². The summed E-state index contributed by atoms with van der Waals surface area (Å²) >= 11 is 7.36. The van der Waals surface area contributed by atoms with E-state index in [0.29, 0.717) is 8.34 Å². The lowest BCUT2D eigenvalue weighted by Gasteiger charge is -2.29. The molecule has 1 aromatic carbocycles. The van der Waals surface area contributed by atoms with E-state index in [2.05, 4.69) is 9.99 Å². The molecule has 2 aromatic rings. The third-order valence-corrected chi connectivity index (χ3v) is 4.42. The number of nitrogens with zero attached hydrogens (tertiary/aromatic N) is 2. The van der Waals surface area contributed by atoms with E-state index >= 15 is 0 Å². The maximum absolute atomic E-state index is 13.7. The molecule has 0 bridgehead atoms. The monoisotopic (exact) mass is 377 g/mol. The minimum Gasteiger partial charge on any atom is -0.329 e. The van der Waals surface area contributed by atoms with Crippen molar-refractivity contribution in [1.29, 1.82) is 0 Å². The molecule has 1 aromatic heterocycles. The molecule has 0 saturated carbocycles. The number of halogens is 2. The molecule has 0 radical (unpaired) electrons. The molecule has 18 heavy (non-hydrogen) atoms. The quantitative estimate of drug-likeness (QED) is 0.607. The fraction of sp³-hybridized carbons (Fsp3) is 0.417. The van der Waals surface area contributed by atoms with Crippen molar-refractivity contribution in [2.45, 2.75) is 19.3 Å². The van der Waals surface area contributed by atoms with Crippen molar-refractivity contribution >= 4 is 45.8 Å². The average Bonchev–Trinajstić information content (AvgIpc) is 2.66. The first kappa shape index (κ1) is 12.4. The van der Waals surface area contributed by atoms with Gasteiger partial charge < -0.3 is 9.99 Å². The highest BCUT2D eigenvalue weighted by atomic mass is 127. The van der Waals surface area contributed by atoms with Crippen molar-refractivity contribution in [3.63, 3.8) is 0 Å². The summed E-state index contributed by atoms with van der Waals surface area (Å²) in [6.45, 7) is 1.96. The van der Waals surface area contributed by atoms with Gasteiger partial charge >= 0.3 is 0 Å². The highest BCUT2D eigenvalue weighted by Gasteiger charge is 2.16. The Hall–Kier alpha value is -0.630. The van der Waals surface area contributed by atoms with E-state index in [4.69, 9.17) is 12.2 Å². The molecule has 1 fully saturated rings. The van der Waals surface area contributed by atoms with Crippen LogP contribution < -0.4 is 5.01 Å². The smallest absolute Gasteiger partial charge is 0.197 e. The third kappa shape index (κ3) is 2.05. The van der Waals surface area contributed by atoms with E-state index in [-0.39, 0.29) is 5.82 Å². The van der Waals surface area contributed by atoms with Crippen LogP contribution >= 0.6 is 34.8 Å². The SMILES string of the molecule is Fc1cc2c(cc1I)[nH]c(=S)n2N1CCCCC1. The first-order chi connectivity index (χ1) is 8.66. The van der Waals surface area contributed by atoms with Crippen LogP contribution in [0.4, 0.5) is 4.39 Å². The molecular weight excluding hydrogens is 364 g/mol. The number of piperidine rings is 1. The van der Waals surface area contributed by atoms with Gasteiger partial charge in [0.2, 0.25) is 0 Å². The van der Waals surface area contributed by atoms with E-state index in [9.17, 15) is 4.39 Å². The Balaban J connectivity index is 2.18. The minimum absolute atomic E-state index is 0.192. The first-order valence-corrected chi connectivity index (χ1v) is 7.50. The molecule has 96 valence electrons. The lowest BCUT2D eigenvalue weighted by molar-refractivity contribution is 0.482. The Morgan fingerprint density at radius 1 is 1.22 bits per heavy atom. The van der Waals surface area contributed by atoms with Crippen LogP contribution in [-0.2, 0) is 0 Å². The molecule has 0 atom stereocenters. The zero-order valence-electron chi connectivity index (χ0n) is 9.75. The number of hydrogen-bond acceptors (Lipinski definition) is 2. The summed E-state index contributed by atoms with van der Waals surface area (Å²) < 4.78 is 16.9. The lowest BCUT2D eigenvalue weighted by atomic mass is 10.2. The van der Waals surface area contributed by atoms with Gasteiger partial charge in [-0.2, -0.15) is 0 Å². The lowest BCUT2D eigenvalue weighted by Crippen LogP contribution is -2.39. The maximum atomic E-state index is 13.7. The van der Waals surface area contributed by atoms with Crippen molar-refractivity contribution < 1.29 is 4.39 Å². The predicted molar refractivity (Wildman–Crippen MR) is 81.6 cm³/mol. The van der Waals surface area contributed by atoms with Gasteiger partial charge in [-0.15, -0.1) is 0 Å². The second-order valence-corrected chi connectivity index (χ2v) is 6.09. The Morgan fingerprint density at radius 2 is 1.94 bits per heavy atom. The zero-order chi connectivity index (χ0) is 12.7. The van der Waals surface area contributed by atoms with Crippen LogP contribution in [-0.4, -0.2) is 22.7 Å². The summed E-state index contributed by atoms with van der Waals surface area (Å²) in [5.41, 5.74) is 1.73. The number of aromatic amines is 1. The van der Waals surface area contributed by atoms with Crippen LogP contribution in [0.15, 0.2) is 12.1 Å². The summed E-state index contributed by atoms with van der Waals surface area (Å²) in [5, 5.41) is 2.21. The minimum atomic E-state index is -0.192.